The van der Waals surface area contributed by atoms with Crippen LogP contribution in [0.15, 0.2) is 23.8 Å². The number of phenolic OH excluding ortho intramolecular Hbond substituents is 1. The molecule has 2 fully saturated rings. The van der Waals surface area contributed by atoms with Gasteiger partial charge in [-0.05, 0) is 65.7 Å². The zero-order chi connectivity index (χ0) is 17.7. The molecule has 1 aromatic rings. The van der Waals surface area contributed by atoms with Crippen LogP contribution in [0.25, 0.3) is 6.08 Å². The third-order valence-electron chi connectivity index (χ3n) is 6.94. The Labute approximate surface area is 143 Å². The monoisotopic (exact) mass is 330 g/mol. The zero-order valence-electron chi connectivity index (χ0n) is 14.8. The van der Waals surface area contributed by atoms with Crippen LogP contribution < -0.4 is 4.74 Å². The number of carbonyl (C=O) groups is 1. The summed E-state index contributed by atoms with van der Waals surface area (Å²) in [5.41, 5.74) is 1.40. The van der Waals surface area contributed by atoms with Crippen LogP contribution in [-0.4, -0.2) is 23.3 Å². The van der Waals surface area contributed by atoms with E-state index >= 15 is 0 Å². The van der Waals surface area contributed by atoms with E-state index in [0.29, 0.717) is 17.2 Å². The predicted molar refractivity (Wildman–Crippen MR) is 93.0 cm³/mol. The van der Waals surface area contributed by atoms with E-state index in [9.17, 15) is 15.0 Å². The summed E-state index contributed by atoms with van der Waals surface area (Å²) < 4.78 is 5.13. The topological polar surface area (TPSA) is 66.8 Å². The van der Waals surface area contributed by atoms with Gasteiger partial charge in [0.1, 0.15) is 0 Å². The lowest BCUT2D eigenvalue weighted by atomic mass is 9.64. The number of carboxylic acid groups (broad SMARTS) is 1. The molecule has 0 spiro atoms. The van der Waals surface area contributed by atoms with Gasteiger partial charge in [-0.2, -0.15) is 0 Å². The van der Waals surface area contributed by atoms with E-state index in [1.54, 1.807) is 18.2 Å². The highest BCUT2D eigenvalue weighted by Gasteiger charge is 2.62. The van der Waals surface area contributed by atoms with Gasteiger partial charge in [0.15, 0.2) is 11.5 Å². The molecule has 4 nitrogen and oxygen atoms in total. The van der Waals surface area contributed by atoms with Crippen LogP contribution in [0, 0.1) is 22.7 Å². The Morgan fingerprint density at radius 2 is 2.04 bits per heavy atom. The molecule has 1 aromatic carbocycles. The Balaban J connectivity index is 2.02. The number of fused-ring (bicyclic) bond motifs is 2. The molecule has 2 N–H and O–H groups in total. The molecule has 0 heterocycles. The molecule has 2 aliphatic carbocycles. The van der Waals surface area contributed by atoms with Gasteiger partial charge in [0.2, 0.25) is 0 Å². The molecule has 2 saturated carbocycles. The minimum atomic E-state index is -0.850. The van der Waals surface area contributed by atoms with Crippen LogP contribution in [0.1, 0.15) is 45.6 Å². The Hall–Kier alpha value is -1.97. The first-order valence-corrected chi connectivity index (χ1v) is 8.52. The normalized spacial score (nSPS) is 31.2. The third kappa shape index (κ3) is 2.31. The number of aromatic hydroxyl groups is 1. The van der Waals surface area contributed by atoms with Crippen molar-refractivity contribution in [2.24, 2.45) is 22.7 Å². The quantitative estimate of drug-likeness (QED) is 0.806. The number of aliphatic carboxylic acids is 1. The summed E-state index contributed by atoms with van der Waals surface area (Å²) in [6, 6.07) is 4.94. The molecule has 2 aliphatic rings. The van der Waals surface area contributed by atoms with E-state index in [4.69, 9.17) is 4.74 Å². The van der Waals surface area contributed by atoms with Crippen LogP contribution in [-0.2, 0) is 4.79 Å². The van der Waals surface area contributed by atoms with Gasteiger partial charge in [-0.3, -0.25) is 0 Å². The summed E-state index contributed by atoms with van der Waals surface area (Å²) >= 11 is 0. The number of methoxy groups -OCH3 is 1. The number of ether oxygens (including phenoxy) is 1. The van der Waals surface area contributed by atoms with Gasteiger partial charge < -0.3 is 14.9 Å². The van der Waals surface area contributed by atoms with Crippen molar-refractivity contribution in [3.8, 4) is 11.5 Å². The third-order valence-corrected chi connectivity index (χ3v) is 6.94. The Morgan fingerprint density at radius 3 is 2.54 bits per heavy atom. The summed E-state index contributed by atoms with van der Waals surface area (Å²) in [6.07, 6.45) is 4.96. The van der Waals surface area contributed by atoms with Gasteiger partial charge >= 0.3 is 5.97 Å². The van der Waals surface area contributed by atoms with Crippen LogP contribution in [0.3, 0.4) is 0 Å². The number of hydrogen-bond donors (Lipinski definition) is 2. The van der Waals surface area contributed by atoms with Crippen molar-refractivity contribution >= 4 is 12.0 Å². The average Bonchev–Trinajstić information content (AvgIpc) is 2.86. The van der Waals surface area contributed by atoms with Crippen molar-refractivity contribution in [2.75, 3.05) is 7.11 Å². The second-order valence-electron chi connectivity index (χ2n) is 8.00. The summed E-state index contributed by atoms with van der Waals surface area (Å²) in [4.78, 5) is 12.0. The largest absolute Gasteiger partial charge is 0.504 e. The smallest absolute Gasteiger partial charge is 0.331 e. The number of carboxylic acids is 1. The Kier molecular flexibility index (Phi) is 3.89. The van der Waals surface area contributed by atoms with Gasteiger partial charge in [0, 0.05) is 5.57 Å². The van der Waals surface area contributed by atoms with E-state index in [1.807, 2.05) is 0 Å². The SMILES string of the molecule is COc1cc(C=C(C(=O)O)C2CC3CCC2(C)C3(C)C)ccc1O. The van der Waals surface area contributed by atoms with Crippen LogP contribution in [0.2, 0.25) is 0 Å². The van der Waals surface area contributed by atoms with E-state index in [0.717, 1.165) is 18.4 Å². The predicted octanol–water partition coefficient (Wildman–Crippen LogP) is 4.33. The molecule has 0 aromatic heterocycles. The van der Waals surface area contributed by atoms with Crippen molar-refractivity contribution in [1.29, 1.82) is 0 Å². The van der Waals surface area contributed by atoms with E-state index in [2.05, 4.69) is 20.8 Å². The Bertz CT molecular complexity index is 704. The second kappa shape index (κ2) is 5.54. The van der Waals surface area contributed by atoms with E-state index in [1.165, 1.54) is 19.6 Å². The molecule has 2 bridgehead atoms. The van der Waals surface area contributed by atoms with Gasteiger partial charge in [-0.25, -0.2) is 4.79 Å². The molecule has 0 aliphatic heterocycles. The fourth-order valence-corrected chi connectivity index (χ4v) is 4.95. The first kappa shape index (κ1) is 16.9. The standard InChI is InChI=1S/C20H26O4/c1-19(2)13-7-8-20(19,3)15(11-13)14(18(22)23)9-12-5-6-16(21)17(10-12)24-4/h5-6,9-10,13,15,21H,7-8,11H2,1-4H3,(H,22,23). The molecular formula is C20H26O4. The summed E-state index contributed by atoms with van der Waals surface area (Å²) in [6.45, 7) is 6.82. The van der Waals surface area contributed by atoms with Gasteiger partial charge in [0.05, 0.1) is 7.11 Å². The van der Waals surface area contributed by atoms with Crippen molar-refractivity contribution in [1.82, 2.24) is 0 Å². The average molecular weight is 330 g/mol. The highest BCUT2D eigenvalue weighted by molar-refractivity contribution is 5.93. The van der Waals surface area contributed by atoms with E-state index in [-0.39, 0.29) is 22.5 Å². The molecule has 3 unspecified atom stereocenters. The molecular weight excluding hydrogens is 304 g/mol. The fraction of sp³-hybridized carbons (Fsp3) is 0.550. The lowest BCUT2D eigenvalue weighted by molar-refractivity contribution is -0.133. The lowest BCUT2D eigenvalue weighted by Gasteiger charge is -2.39. The maximum Gasteiger partial charge on any atom is 0.331 e. The van der Waals surface area contributed by atoms with Crippen molar-refractivity contribution < 1.29 is 19.7 Å². The fourth-order valence-electron chi connectivity index (χ4n) is 4.95. The zero-order valence-corrected chi connectivity index (χ0v) is 14.8. The second-order valence-corrected chi connectivity index (χ2v) is 8.00. The number of hydrogen-bond acceptors (Lipinski definition) is 3. The summed E-state index contributed by atoms with van der Waals surface area (Å²) in [7, 11) is 1.49. The minimum Gasteiger partial charge on any atom is -0.504 e. The van der Waals surface area contributed by atoms with Gasteiger partial charge in [-0.1, -0.05) is 26.8 Å². The molecule has 0 saturated heterocycles. The highest BCUT2D eigenvalue weighted by Crippen LogP contribution is 2.69. The maximum atomic E-state index is 12.0. The van der Waals surface area contributed by atoms with Gasteiger partial charge in [-0.15, -0.1) is 0 Å². The molecule has 3 atom stereocenters. The lowest BCUT2D eigenvalue weighted by Crippen LogP contribution is -2.34. The summed E-state index contributed by atoms with van der Waals surface area (Å²) in [5, 5.41) is 19.6. The molecule has 4 heteroatoms. The van der Waals surface area contributed by atoms with E-state index < -0.39 is 5.97 Å². The molecule has 24 heavy (non-hydrogen) atoms. The first-order valence-electron chi connectivity index (χ1n) is 8.52. The highest BCUT2D eigenvalue weighted by atomic mass is 16.5. The first-order chi connectivity index (χ1) is 11.2. The molecule has 130 valence electrons. The number of phenols is 1. The Morgan fingerprint density at radius 1 is 1.33 bits per heavy atom. The molecule has 0 radical (unpaired) electrons. The van der Waals surface area contributed by atoms with Crippen LogP contribution in [0.5, 0.6) is 11.5 Å². The van der Waals surface area contributed by atoms with Crippen molar-refractivity contribution in [3.05, 3.63) is 29.3 Å². The van der Waals surface area contributed by atoms with Gasteiger partial charge in [0.25, 0.3) is 0 Å². The number of rotatable bonds is 4. The van der Waals surface area contributed by atoms with Crippen molar-refractivity contribution in [3.63, 3.8) is 0 Å². The molecule has 3 rings (SSSR count). The van der Waals surface area contributed by atoms with Crippen LogP contribution >= 0.6 is 0 Å². The van der Waals surface area contributed by atoms with Crippen LogP contribution in [0.4, 0.5) is 0 Å². The summed E-state index contributed by atoms with van der Waals surface area (Å²) in [5.74, 6) is 0.206. The maximum absolute atomic E-state index is 12.0. The molecule has 0 amide bonds. The minimum absolute atomic E-state index is 0.0168. The van der Waals surface area contributed by atoms with Crippen molar-refractivity contribution in [2.45, 2.75) is 40.0 Å². The number of benzene rings is 1.